The van der Waals surface area contributed by atoms with Gasteiger partial charge in [0.25, 0.3) is 5.91 Å². The van der Waals surface area contributed by atoms with E-state index >= 15 is 0 Å². The molecule has 0 radical (unpaired) electrons. The van der Waals surface area contributed by atoms with Crippen LogP contribution in [0, 0.1) is 0 Å². The first-order valence-corrected chi connectivity index (χ1v) is 5.75. The number of hydrogen-bond donors (Lipinski definition) is 1. The van der Waals surface area contributed by atoms with E-state index in [9.17, 15) is 4.79 Å². The van der Waals surface area contributed by atoms with Gasteiger partial charge in [0.2, 0.25) is 0 Å². The number of nitrogens with one attached hydrogen (secondary N) is 1. The van der Waals surface area contributed by atoms with Crippen molar-refractivity contribution in [2.24, 2.45) is 0 Å². The molecule has 1 heterocycles. The topological polar surface area (TPSA) is 64.1 Å². The second-order valence-electron chi connectivity index (χ2n) is 3.31. The van der Waals surface area contributed by atoms with Crippen molar-refractivity contribution >= 4 is 17.4 Å². The molecule has 0 aliphatic heterocycles. The fraction of sp³-hybridized carbons (Fsp3) is 0.182. The highest BCUT2D eigenvalue weighted by atomic mass is 32.1. The van der Waals surface area contributed by atoms with Crippen LogP contribution in [0.5, 0.6) is 5.75 Å². The maximum atomic E-state index is 11.6. The van der Waals surface area contributed by atoms with Gasteiger partial charge in [-0.1, -0.05) is 16.6 Å². The van der Waals surface area contributed by atoms with Gasteiger partial charge in [-0.05, 0) is 29.2 Å². The summed E-state index contributed by atoms with van der Waals surface area (Å²) in [5.74, 6) is 0.641. The molecule has 0 saturated heterocycles. The average Bonchev–Trinajstić information content (AvgIpc) is 2.90. The maximum absolute atomic E-state index is 11.6. The summed E-state index contributed by atoms with van der Waals surface area (Å²) in [6.07, 6.45) is 1.45. The van der Waals surface area contributed by atoms with Crippen molar-refractivity contribution in [2.75, 3.05) is 7.11 Å². The van der Waals surface area contributed by atoms with Crippen molar-refractivity contribution in [3.63, 3.8) is 0 Å². The Morgan fingerprint density at radius 2 is 2.18 bits per heavy atom. The maximum Gasteiger partial charge on any atom is 0.264 e. The standard InChI is InChI=1S/C11H11N3O2S/c1-16-9-4-2-8(3-5-9)6-12-11(15)10-7-13-14-17-10/h2-5,7H,6H2,1H3,(H,12,15). The second kappa shape index (κ2) is 5.40. The molecular weight excluding hydrogens is 238 g/mol. The molecule has 6 heteroatoms. The molecule has 0 fully saturated rings. The van der Waals surface area contributed by atoms with Crippen LogP contribution in [-0.4, -0.2) is 22.6 Å². The minimum atomic E-state index is -0.157. The van der Waals surface area contributed by atoms with E-state index in [1.54, 1.807) is 7.11 Å². The Balaban J connectivity index is 1.91. The van der Waals surface area contributed by atoms with Crippen molar-refractivity contribution < 1.29 is 9.53 Å². The summed E-state index contributed by atoms with van der Waals surface area (Å²) in [7, 11) is 1.62. The first-order valence-electron chi connectivity index (χ1n) is 4.98. The van der Waals surface area contributed by atoms with E-state index in [1.807, 2.05) is 24.3 Å². The van der Waals surface area contributed by atoms with E-state index in [0.717, 1.165) is 22.8 Å². The Hall–Kier alpha value is -1.95. The molecular formula is C11H11N3O2S. The van der Waals surface area contributed by atoms with E-state index in [0.29, 0.717) is 11.4 Å². The lowest BCUT2D eigenvalue weighted by atomic mass is 10.2. The van der Waals surface area contributed by atoms with Gasteiger partial charge in [-0.2, -0.15) is 0 Å². The molecule has 0 atom stereocenters. The van der Waals surface area contributed by atoms with Gasteiger partial charge in [-0.15, -0.1) is 5.10 Å². The van der Waals surface area contributed by atoms with Crippen molar-refractivity contribution in [2.45, 2.75) is 6.54 Å². The smallest absolute Gasteiger partial charge is 0.264 e. The first-order chi connectivity index (χ1) is 8.29. The number of hydrogen-bond acceptors (Lipinski definition) is 5. The average molecular weight is 249 g/mol. The minimum absolute atomic E-state index is 0.157. The summed E-state index contributed by atoms with van der Waals surface area (Å²) in [6.45, 7) is 0.473. The first kappa shape index (κ1) is 11.5. The van der Waals surface area contributed by atoms with Crippen LogP contribution in [0.2, 0.25) is 0 Å². The number of benzene rings is 1. The molecule has 5 nitrogen and oxygen atoms in total. The Bertz CT molecular complexity index is 482. The van der Waals surface area contributed by atoms with E-state index in [2.05, 4.69) is 14.9 Å². The highest BCUT2D eigenvalue weighted by Gasteiger charge is 2.07. The lowest BCUT2D eigenvalue weighted by molar-refractivity contribution is 0.0955. The van der Waals surface area contributed by atoms with E-state index in [1.165, 1.54) is 6.20 Å². The van der Waals surface area contributed by atoms with Crippen molar-refractivity contribution in [3.05, 3.63) is 40.9 Å². The molecule has 88 valence electrons. The summed E-state index contributed by atoms with van der Waals surface area (Å²) in [6, 6.07) is 7.53. The molecule has 0 aliphatic carbocycles. The molecule has 0 unspecified atom stereocenters. The molecule has 1 N–H and O–H groups in total. The van der Waals surface area contributed by atoms with Crippen LogP contribution < -0.4 is 10.1 Å². The normalized spacial score (nSPS) is 9.94. The largest absolute Gasteiger partial charge is 0.497 e. The molecule has 1 amide bonds. The van der Waals surface area contributed by atoms with Gasteiger partial charge in [0.1, 0.15) is 10.6 Å². The number of rotatable bonds is 4. The lowest BCUT2D eigenvalue weighted by Crippen LogP contribution is -2.21. The monoisotopic (exact) mass is 249 g/mol. The van der Waals surface area contributed by atoms with E-state index < -0.39 is 0 Å². The van der Waals surface area contributed by atoms with E-state index in [4.69, 9.17) is 4.74 Å². The minimum Gasteiger partial charge on any atom is -0.497 e. The van der Waals surface area contributed by atoms with Gasteiger partial charge in [0.05, 0.1) is 13.3 Å². The molecule has 17 heavy (non-hydrogen) atoms. The van der Waals surface area contributed by atoms with Crippen LogP contribution in [0.15, 0.2) is 30.5 Å². The predicted molar refractivity (Wildman–Crippen MR) is 64.1 cm³/mol. The number of ether oxygens (including phenoxy) is 1. The van der Waals surface area contributed by atoms with Crippen LogP contribution in [0.25, 0.3) is 0 Å². The third-order valence-corrected chi connectivity index (χ3v) is 2.86. The van der Waals surface area contributed by atoms with Crippen LogP contribution in [0.3, 0.4) is 0 Å². The van der Waals surface area contributed by atoms with Crippen LogP contribution >= 0.6 is 11.5 Å². The molecule has 0 spiro atoms. The van der Waals surface area contributed by atoms with Crippen LogP contribution in [-0.2, 0) is 6.54 Å². The Morgan fingerprint density at radius 1 is 1.41 bits per heavy atom. The number of methoxy groups -OCH3 is 1. The van der Waals surface area contributed by atoms with Gasteiger partial charge < -0.3 is 10.1 Å². The summed E-state index contributed by atoms with van der Waals surface area (Å²) >= 11 is 1.08. The third kappa shape index (κ3) is 3.01. The van der Waals surface area contributed by atoms with Gasteiger partial charge in [-0.25, -0.2) is 0 Å². The molecule has 0 saturated carbocycles. The molecule has 1 aromatic heterocycles. The number of carbonyl (C=O) groups is 1. The van der Waals surface area contributed by atoms with E-state index in [-0.39, 0.29) is 5.91 Å². The van der Waals surface area contributed by atoms with Crippen molar-refractivity contribution in [1.82, 2.24) is 14.9 Å². The molecule has 0 bridgehead atoms. The fourth-order valence-electron chi connectivity index (χ4n) is 1.28. The zero-order valence-corrected chi connectivity index (χ0v) is 10.0. The van der Waals surface area contributed by atoms with Crippen LogP contribution in [0.1, 0.15) is 15.2 Å². The zero-order valence-electron chi connectivity index (χ0n) is 9.21. The molecule has 2 aromatic rings. The number of carbonyl (C=O) groups excluding carboxylic acids is 1. The van der Waals surface area contributed by atoms with Crippen LogP contribution in [0.4, 0.5) is 0 Å². The highest BCUT2D eigenvalue weighted by molar-refractivity contribution is 7.07. The van der Waals surface area contributed by atoms with Gasteiger partial charge >= 0.3 is 0 Å². The number of nitrogens with zero attached hydrogens (tertiary/aromatic N) is 2. The molecule has 1 aromatic carbocycles. The van der Waals surface area contributed by atoms with Gasteiger partial charge in [0, 0.05) is 6.54 Å². The summed E-state index contributed by atoms with van der Waals surface area (Å²) in [5.41, 5.74) is 1.01. The lowest BCUT2D eigenvalue weighted by Gasteiger charge is -2.04. The zero-order chi connectivity index (χ0) is 12.1. The Morgan fingerprint density at radius 3 is 2.76 bits per heavy atom. The van der Waals surface area contributed by atoms with Gasteiger partial charge in [0.15, 0.2) is 0 Å². The third-order valence-electron chi connectivity index (χ3n) is 2.20. The quantitative estimate of drug-likeness (QED) is 0.891. The SMILES string of the molecule is COc1ccc(CNC(=O)c2cnns2)cc1. The predicted octanol–water partition coefficient (Wildman–Crippen LogP) is 1.48. The number of aromatic nitrogens is 2. The molecule has 0 aliphatic rings. The number of amides is 1. The Kier molecular flexibility index (Phi) is 3.66. The van der Waals surface area contributed by atoms with Crippen molar-refractivity contribution in [3.8, 4) is 5.75 Å². The summed E-state index contributed by atoms with van der Waals surface area (Å²) in [4.78, 5) is 12.1. The fourth-order valence-corrected chi connectivity index (χ4v) is 1.71. The Labute approximate surface area is 103 Å². The highest BCUT2D eigenvalue weighted by Crippen LogP contribution is 2.11. The van der Waals surface area contributed by atoms with Gasteiger partial charge in [-0.3, -0.25) is 4.79 Å². The summed E-state index contributed by atoms with van der Waals surface area (Å²) < 4.78 is 8.69. The molecule has 2 rings (SSSR count). The summed E-state index contributed by atoms with van der Waals surface area (Å²) in [5, 5.41) is 6.40. The second-order valence-corrected chi connectivity index (χ2v) is 4.10. The van der Waals surface area contributed by atoms with Crippen molar-refractivity contribution in [1.29, 1.82) is 0 Å².